The van der Waals surface area contributed by atoms with E-state index in [-0.39, 0.29) is 42.7 Å². The molecule has 4 rings (SSSR count). The molecule has 0 spiro atoms. The van der Waals surface area contributed by atoms with E-state index in [2.05, 4.69) is 23.1 Å². The van der Waals surface area contributed by atoms with Gasteiger partial charge in [0.05, 0.1) is 25.9 Å². The van der Waals surface area contributed by atoms with Crippen LogP contribution in [-0.4, -0.2) is 37.9 Å². The third-order valence-corrected chi connectivity index (χ3v) is 16.2. The Balaban J connectivity index is 1.32. The van der Waals surface area contributed by atoms with Crippen molar-refractivity contribution in [2.75, 3.05) is 6.61 Å². The second-order valence-corrected chi connectivity index (χ2v) is 22.6. The summed E-state index contributed by atoms with van der Waals surface area (Å²) in [7, 11) is -16.3. The summed E-state index contributed by atoms with van der Waals surface area (Å²) in [6, 6.07) is 11.5. The molecule has 0 saturated carbocycles. The Morgan fingerprint density at radius 2 is 1.06 bits per heavy atom. The number of aromatic nitrogens is 2. The molecule has 70 heavy (non-hydrogen) atoms. The number of rotatable bonds is 36. The molecular formula is C49H73N2O16P3. The normalized spacial score (nSPS) is 16.5. The molecule has 1 aliphatic carbocycles. The monoisotopic (exact) mass is 1040 g/mol. The molecule has 2 unspecified atom stereocenters. The number of nitrogens with one attached hydrogen (secondary N) is 1. The van der Waals surface area contributed by atoms with Crippen LogP contribution in [0.4, 0.5) is 0 Å². The summed E-state index contributed by atoms with van der Waals surface area (Å²) in [5.74, 6) is -0.815. The summed E-state index contributed by atoms with van der Waals surface area (Å²) in [6.07, 6.45) is 25.4. The van der Waals surface area contributed by atoms with Crippen molar-refractivity contribution < 1.29 is 64.7 Å². The van der Waals surface area contributed by atoms with Gasteiger partial charge in [-0.1, -0.05) is 153 Å². The van der Waals surface area contributed by atoms with Crippen LogP contribution in [0.1, 0.15) is 171 Å². The van der Waals surface area contributed by atoms with E-state index in [1.54, 1.807) is 12.2 Å². The van der Waals surface area contributed by atoms with Crippen LogP contribution in [0.15, 0.2) is 76.5 Å². The van der Waals surface area contributed by atoms with Gasteiger partial charge in [-0.15, -0.1) is 0 Å². The highest BCUT2D eigenvalue weighted by molar-refractivity contribution is 7.67. The minimum atomic E-state index is -5.77. The number of phosphoric acid groups is 3. The fourth-order valence-corrected chi connectivity index (χ4v) is 11.7. The van der Waals surface area contributed by atoms with E-state index in [0.717, 1.165) is 38.5 Å². The van der Waals surface area contributed by atoms with Crippen LogP contribution in [0.2, 0.25) is 0 Å². The maximum Gasteiger partial charge on any atom is 0.490 e. The van der Waals surface area contributed by atoms with Crippen molar-refractivity contribution >= 4 is 35.4 Å². The summed E-state index contributed by atoms with van der Waals surface area (Å²) < 4.78 is 77.7. The molecule has 4 atom stereocenters. The topological polar surface area (TPSA) is 245 Å². The highest BCUT2D eigenvalue weighted by atomic mass is 31.3. The summed E-state index contributed by atoms with van der Waals surface area (Å²) in [5, 5.41) is 0. The number of ether oxygens (including phenoxy) is 2. The zero-order valence-corrected chi connectivity index (χ0v) is 43.6. The molecule has 0 saturated heterocycles. The number of esters is 2. The van der Waals surface area contributed by atoms with Gasteiger partial charge in [0.2, 0.25) is 0 Å². The Hall–Kier alpha value is -3.79. The third-order valence-electron chi connectivity index (χ3n) is 11.6. The van der Waals surface area contributed by atoms with Crippen LogP contribution in [0.5, 0.6) is 11.5 Å². The van der Waals surface area contributed by atoms with Gasteiger partial charge in [0.15, 0.2) is 0 Å². The fourth-order valence-electron chi connectivity index (χ4n) is 7.62. The molecule has 1 aliphatic rings. The number of hydrogen-bond acceptors (Lipinski definition) is 14. The summed E-state index contributed by atoms with van der Waals surface area (Å²) in [6.45, 7) is 4.35. The lowest BCUT2D eigenvalue weighted by Gasteiger charge is -2.22. The smallest absolute Gasteiger partial charge is 0.427 e. The van der Waals surface area contributed by atoms with Gasteiger partial charge in [-0.2, -0.15) is 8.62 Å². The Morgan fingerprint density at radius 1 is 0.614 bits per heavy atom. The number of hydrogen-bond donors (Lipinski definition) is 3. The Morgan fingerprint density at radius 3 is 1.51 bits per heavy atom. The number of unbranched alkanes of at least 4 members (excludes halogenated alkanes) is 16. The van der Waals surface area contributed by atoms with Gasteiger partial charge in [-0.3, -0.25) is 37.5 Å². The first-order chi connectivity index (χ1) is 33.5. The van der Waals surface area contributed by atoms with Crippen LogP contribution < -0.4 is 20.7 Å². The Labute approximate surface area is 411 Å². The van der Waals surface area contributed by atoms with Crippen molar-refractivity contribution in [3.63, 3.8) is 0 Å². The van der Waals surface area contributed by atoms with Gasteiger partial charge in [-0.25, -0.2) is 18.5 Å². The lowest BCUT2D eigenvalue weighted by Crippen LogP contribution is -2.32. The first-order valence-corrected chi connectivity index (χ1v) is 29.2. The summed E-state index contributed by atoms with van der Waals surface area (Å²) >= 11 is 0. The van der Waals surface area contributed by atoms with Gasteiger partial charge in [0, 0.05) is 30.5 Å². The molecule has 0 amide bonds. The second-order valence-electron chi connectivity index (χ2n) is 17.7. The number of aromatic amines is 1. The lowest BCUT2D eigenvalue weighted by atomic mass is 10.1. The van der Waals surface area contributed by atoms with Gasteiger partial charge >= 0.3 is 41.1 Å². The molecule has 18 nitrogen and oxygen atoms in total. The molecule has 1 heterocycles. The van der Waals surface area contributed by atoms with Gasteiger partial charge < -0.3 is 19.3 Å². The average Bonchev–Trinajstić information content (AvgIpc) is 3.79. The first kappa shape index (κ1) is 58.8. The van der Waals surface area contributed by atoms with Crippen molar-refractivity contribution in [2.24, 2.45) is 5.92 Å². The quantitative estimate of drug-likeness (QED) is 0.0161. The first-order valence-electron chi connectivity index (χ1n) is 24.7. The van der Waals surface area contributed by atoms with Crippen molar-refractivity contribution in [3.05, 3.63) is 104 Å². The van der Waals surface area contributed by atoms with Crippen molar-refractivity contribution in [1.29, 1.82) is 0 Å². The molecule has 3 aromatic rings. The van der Waals surface area contributed by atoms with E-state index < -0.39 is 66.5 Å². The maximum absolute atomic E-state index is 14.1. The van der Waals surface area contributed by atoms with Crippen LogP contribution in [0.25, 0.3) is 0 Å². The molecule has 0 radical (unpaired) electrons. The van der Waals surface area contributed by atoms with Crippen LogP contribution in [-0.2, 0) is 58.7 Å². The number of H-pyrrole nitrogens is 1. The van der Waals surface area contributed by atoms with E-state index >= 15 is 0 Å². The molecule has 0 bridgehead atoms. The zero-order valence-electron chi connectivity index (χ0n) is 40.9. The lowest BCUT2D eigenvalue weighted by molar-refractivity contribution is -0.135. The largest absolute Gasteiger partial charge is 0.490 e. The maximum atomic E-state index is 14.1. The molecule has 390 valence electrons. The van der Waals surface area contributed by atoms with E-state index in [9.17, 15) is 42.7 Å². The second kappa shape index (κ2) is 30.9. The highest BCUT2D eigenvalue weighted by Gasteiger charge is 2.44. The number of benzene rings is 2. The number of nitrogens with zero attached hydrogens (tertiary/aromatic N) is 1. The number of phosphoric ester groups is 2. The van der Waals surface area contributed by atoms with Gasteiger partial charge in [-0.05, 0) is 61.6 Å². The average molecular weight is 1040 g/mol. The molecule has 2 aromatic carbocycles. The Bertz CT molecular complexity index is 2260. The van der Waals surface area contributed by atoms with Crippen molar-refractivity contribution in [2.45, 2.75) is 175 Å². The van der Waals surface area contributed by atoms with E-state index in [0.29, 0.717) is 29.5 Å². The number of carbonyl (C=O) groups excluding carboxylic acids is 2. The van der Waals surface area contributed by atoms with Gasteiger partial charge in [0.25, 0.3) is 5.56 Å². The zero-order chi connectivity index (χ0) is 50.8. The SMILES string of the molecule is CCCCCCCCCCCC(=O)Oc1ccc(COP(=O)(OCc2ccc(OC(=O)CCCCCCCCCCC)cc2)OP(=O)(O)OP(=O)(O)OC[C@@H]2C=C[C@H](n3cc(C)c(=O)[nH]c3=O)C2)cc1. The van der Waals surface area contributed by atoms with Gasteiger partial charge in [0.1, 0.15) is 11.5 Å². The number of aryl methyl sites for hydroxylation is 1. The van der Waals surface area contributed by atoms with E-state index in [1.807, 2.05) is 0 Å². The molecule has 1 aromatic heterocycles. The molecule has 3 N–H and O–H groups in total. The number of allylic oxidation sites excluding steroid dienone is 1. The summed E-state index contributed by atoms with van der Waals surface area (Å²) in [5.41, 5.74) is -0.170. The predicted octanol–water partition coefficient (Wildman–Crippen LogP) is 12.4. The van der Waals surface area contributed by atoms with E-state index in [1.165, 1.54) is 130 Å². The van der Waals surface area contributed by atoms with Crippen LogP contribution >= 0.6 is 23.5 Å². The minimum absolute atomic E-state index is 0.209. The van der Waals surface area contributed by atoms with Crippen molar-refractivity contribution in [3.8, 4) is 11.5 Å². The predicted molar refractivity (Wildman–Crippen MR) is 265 cm³/mol. The fraction of sp³-hybridized carbons (Fsp3) is 0.592. The molecule has 21 heteroatoms. The standard InChI is InChI=1S/C49H73N2O16P3/c1-4-6-8-10-12-14-16-18-20-22-46(52)64-44-30-25-40(26-31-44)36-62-70(60,63-37-41-27-32-45(33-28-41)65-47(53)23-21-19-17-15-13-11-9-7-5-2)67-69(58,59)66-68(56,57)61-38-42-24-29-43(34-42)51-35-39(3)48(54)50-49(51)55/h24-33,35,42-43H,4-23,34,36-38H2,1-3H3,(H,56,57)(H,58,59)(H,50,54,55)/t42-,43+/m1/s1. The third kappa shape index (κ3) is 23.2. The minimum Gasteiger partial charge on any atom is -0.427 e. The number of carbonyl (C=O) groups is 2. The molecular weight excluding hydrogens is 965 g/mol. The van der Waals surface area contributed by atoms with Crippen LogP contribution in [0.3, 0.4) is 0 Å². The highest BCUT2D eigenvalue weighted by Crippen LogP contribution is 2.69. The van der Waals surface area contributed by atoms with Crippen molar-refractivity contribution in [1.82, 2.24) is 9.55 Å². The van der Waals surface area contributed by atoms with Crippen LogP contribution in [0, 0.1) is 12.8 Å². The van der Waals surface area contributed by atoms with E-state index in [4.69, 9.17) is 27.4 Å². The summed E-state index contributed by atoms with van der Waals surface area (Å²) in [4.78, 5) is 72.5. The molecule has 0 fully saturated rings. The Kier molecular flexibility index (Phi) is 26.0. The molecule has 0 aliphatic heterocycles.